The lowest BCUT2D eigenvalue weighted by atomic mass is 10.1. The molecule has 13 heteroatoms. The summed E-state index contributed by atoms with van der Waals surface area (Å²) >= 11 is 0. The van der Waals surface area contributed by atoms with Crippen LogP contribution in [0.25, 0.3) is 0 Å². The summed E-state index contributed by atoms with van der Waals surface area (Å²) in [4.78, 5) is 12.7. The highest BCUT2D eigenvalue weighted by molar-refractivity contribution is 7.55. The Morgan fingerprint density at radius 2 is 1.38 bits per heavy atom. The number of hydrogen-bond acceptors (Lipinski definition) is 4. The number of anilines is 2. The average Bonchev–Trinajstić information content (AvgIpc) is 2.67. The van der Waals surface area contributed by atoms with Crippen molar-refractivity contribution in [3.8, 4) is 0 Å². The van der Waals surface area contributed by atoms with Crippen molar-refractivity contribution in [2.45, 2.75) is 26.2 Å². The molecule has 1 amide bonds. The first-order valence-electron chi connectivity index (χ1n) is 9.16. The lowest BCUT2D eigenvalue weighted by molar-refractivity contribution is -0.138. The van der Waals surface area contributed by atoms with Crippen LogP contribution in [0.3, 0.4) is 0 Å². The Bertz CT molecular complexity index is 983. The quantitative estimate of drug-likeness (QED) is 0.328. The maximum absolute atomic E-state index is 13.2. The first-order valence-corrected chi connectivity index (χ1v) is 10.7. The topological polar surface area (TPSA) is 76.7 Å². The minimum absolute atomic E-state index is 0.0355. The predicted octanol–water partition coefficient (Wildman–Crippen LogP) is 6.57. The fourth-order valence-electron chi connectivity index (χ4n) is 2.54. The van der Waals surface area contributed by atoms with Gasteiger partial charge in [0.2, 0.25) is 0 Å². The SMILES string of the molecule is CCOP(=O)(Nc1cc(C(F)(F)F)ccc1C(=O)Nc1ccc(C(F)(F)F)cc1)OCC. The molecule has 0 spiro atoms. The van der Waals surface area contributed by atoms with Crippen LogP contribution in [0.5, 0.6) is 0 Å². The van der Waals surface area contributed by atoms with Crippen LogP contribution in [0, 0.1) is 0 Å². The minimum Gasteiger partial charge on any atom is -0.322 e. The van der Waals surface area contributed by atoms with E-state index >= 15 is 0 Å². The zero-order valence-corrected chi connectivity index (χ0v) is 17.7. The number of hydrogen-bond donors (Lipinski definition) is 2. The van der Waals surface area contributed by atoms with Gasteiger partial charge in [0.1, 0.15) is 0 Å². The molecule has 0 radical (unpaired) electrons. The molecule has 0 aliphatic carbocycles. The van der Waals surface area contributed by atoms with Crippen molar-refractivity contribution in [1.29, 1.82) is 0 Å². The van der Waals surface area contributed by atoms with Crippen LogP contribution in [0.2, 0.25) is 0 Å². The van der Waals surface area contributed by atoms with E-state index in [9.17, 15) is 35.7 Å². The zero-order chi connectivity index (χ0) is 24.2. The summed E-state index contributed by atoms with van der Waals surface area (Å²) in [5.74, 6) is -0.958. The third-order valence-corrected chi connectivity index (χ3v) is 5.63. The number of amides is 1. The third kappa shape index (κ3) is 6.72. The number of rotatable bonds is 8. The second-order valence-electron chi connectivity index (χ2n) is 6.23. The first kappa shape index (κ1) is 25.7. The number of benzene rings is 2. The number of carbonyl (C=O) groups is 1. The molecular weight excluding hydrogens is 465 g/mol. The Morgan fingerprint density at radius 1 is 0.875 bits per heavy atom. The molecular formula is C19H19F6N2O4P. The number of halogens is 6. The lowest BCUT2D eigenvalue weighted by Gasteiger charge is -2.21. The molecule has 0 fully saturated rings. The van der Waals surface area contributed by atoms with Gasteiger partial charge in [0.05, 0.1) is 35.6 Å². The highest BCUT2D eigenvalue weighted by Crippen LogP contribution is 2.49. The Labute approximate surface area is 179 Å². The van der Waals surface area contributed by atoms with Crippen molar-refractivity contribution < 1.29 is 44.7 Å². The molecule has 0 aliphatic heterocycles. The van der Waals surface area contributed by atoms with Gasteiger partial charge in [-0.2, -0.15) is 26.3 Å². The molecule has 0 aromatic heterocycles. The second kappa shape index (κ2) is 9.93. The summed E-state index contributed by atoms with van der Waals surface area (Å²) in [7, 11) is -4.11. The molecule has 0 atom stereocenters. The van der Waals surface area contributed by atoms with Gasteiger partial charge in [0.25, 0.3) is 5.91 Å². The monoisotopic (exact) mass is 484 g/mol. The summed E-state index contributed by atoms with van der Waals surface area (Å²) in [6.07, 6.45) is -9.34. The lowest BCUT2D eigenvalue weighted by Crippen LogP contribution is -2.17. The van der Waals surface area contributed by atoms with Gasteiger partial charge in [-0.25, -0.2) is 4.57 Å². The van der Waals surface area contributed by atoms with E-state index in [0.29, 0.717) is 12.1 Å². The zero-order valence-electron chi connectivity index (χ0n) is 16.8. The van der Waals surface area contributed by atoms with Crippen LogP contribution in [0.15, 0.2) is 42.5 Å². The molecule has 2 aromatic rings. The van der Waals surface area contributed by atoms with Crippen LogP contribution >= 0.6 is 7.75 Å². The third-order valence-electron chi connectivity index (χ3n) is 3.92. The molecule has 6 nitrogen and oxygen atoms in total. The standard InChI is InChI=1S/C19H19F6N2O4P/c1-3-30-32(29,31-4-2)27-16-11-13(19(23,24)25)7-10-15(16)17(28)26-14-8-5-12(6-9-14)18(20,21)22/h5-11H,3-4H2,1-2H3,(H,26,28)(H,27,29). The van der Waals surface area contributed by atoms with Gasteiger partial charge in [-0.3, -0.25) is 18.9 Å². The van der Waals surface area contributed by atoms with Crippen molar-refractivity contribution in [2.75, 3.05) is 23.6 Å². The van der Waals surface area contributed by atoms with Crippen LogP contribution < -0.4 is 10.4 Å². The van der Waals surface area contributed by atoms with Crippen molar-refractivity contribution in [1.82, 2.24) is 0 Å². The Hall–Kier alpha value is -2.56. The van der Waals surface area contributed by atoms with E-state index in [0.717, 1.165) is 30.3 Å². The minimum atomic E-state index is -4.76. The highest BCUT2D eigenvalue weighted by atomic mass is 31.2. The number of carbonyl (C=O) groups excluding carboxylic acids is 1. The smallest absolute Gasteiger partial charge is 0.322 e. The normalized spacial score (nSPS) is 12.5. The fourth-order valence-corrected chi connectivity index (χ4v) is 3.90. The molecule has 0 bridgehead atoms. The molecule has 32 heavy (non-hydrogen) atoms. The van der Waals surface area contributed by atoms with E-state index in [1.165, 1.54) is 13.8 Å². The van der Waals surface area contributed by atoms with Gasteiger partial charge < -0.3 is 5.32 Å². The van der Waals surface area contributed by atoms with Gasteiger partial charge in [-0.15, -0.1) is 0 Å². The molecule has 0 heterocycles. The van der Waals surface area contributed by atoms with Gasteiger partial charge in [0.15, 0.2) is 0 Å². The average molecular weight is 484 g/mol. The van der Waals surface area contributed by atoms with Gasteiger partial charge in [-0.1, -0.05) is 0 Å². The van der Waals surface area contributed by atoms with E-state index in [1.54, 1.807) is 0 Å². The highest BCUT2D eigenvalue weighted by Gasteiger charge is 2.34. The van der Waals surface area contributed by atoms with E-state index in [2.05, 4.69) is 10.4 Å². The Morgan fingerprint density at radius 3 is 1.84 bits per heavy atom. The number of alkyl halides is 6. The van der Waals surface area contributed by atoms with E-state index in [1.807, 2.05) is 0 Å². The van der Waals surface area contributed by atoms with Crippen LogP contribution in [0.1, 0.15) is 35.3 Å². The van der Waals surface area contributed by atoms with Crippen molar-refractivity contribution >= 4 is 25.0 Å². The summed E-state index contributed by atoms with van der Waals surface area (Å²) in [6.45, 7) is 2.77. The maximum Gasteiger partial charge on any atom is 0.432 e. The Kier molecular flexibility index (Phi) is 7.97. The molecule has 2 N–H and O–H groups in total. The van der Waals surface area contributed by atoms with Gasteiger partial charge >= 0.3 is 20.1 Å². The number of nitrogens with one attached hydrogen (secondary N) is 2. The van der Waals surface area contributed by atoms with E-state index < -0.39 is 42.8 Å². The predicted molar refractivity (Wildman–Crippen MR) is 105 cm³/mol. The van der Waals surface area contributed by atoms with Crippen molar-refractivity contribution in [2.24, 2.45) is 0 Å². The second-order valence-corrected chi connectivity index (χ2v) is 7.97. The molecule has 0 saturated carbocycles. The van der Waals surface area contributed by atoms with Gasteiger partial charge in [-0.05, 0) is 56.3 Å². The van der Waals surface area contributed by atoms with Crippen LogP contribution in [-0.4, -0.2) is 19.1 Å². The van der Waals surface area contributed by atoms with Crippen LogP contribution in [-0.2, 0) is 26.0 Å². The molecule has 176 valence electrons. The maximum atomic E-state index is 13.2. The summed E-state index contributed by atoms with van der Waals surface area (Å²) in [5.41, 5.74) is -2.97. The first-order chi connectivity index (χ1) is 14.8. The van der Waals surface area contributed by atoms with Crippen molar-refractivity contribution in [3.05, 3.63) is 59.2 Å². The largest absolute Gasteiger partial charge is 0.432 e. The van der Waals surface area contributed by atoms with E-state index in [-0.39, 0.29) is 24.5 Å². The molecule has 2 rings (SSSR count). The molecule has 0 aliphatic rings. The Balaban J connectivity index is 2.40. The summed E-state index contributed by atoms with van der Waals surface area (Å²) in [5, 5.41) is 4.52. The molecule has 2 aromatic carbocycles. The molecule has 0 saturated heterocycles. The van der Waals surface area contributed by atoms with Gasteiger partial charge in [0, 0.05) is 5.69 Å². The fraction of sp³-hybridized carbons (Fsp3) is 0.316. The summed E-state index contributed by atoms with van der Waals surface area (Å²) in [6, 6.07) is 5.49. The summed E-state index contributed by atoms with van der Waals surface area (Å²) < 4.78 is 100. The molecule has 0 unspecified atom stereocenters. The van der Waals surface area contributed by atoms with Crippen LogP contribution in [0.4, 0.5) is 37.7 Å². The van der Waals surface area contributed by atoms with Crippen molar-refractivity contribution in [3.63, 3.8) is 0 Å². The van der Waals surface area contributed by atoms with E-state index in [4.69, 9.17) is 9.05 Å².